The van der Waals surface area contributed by atoms with Crippen molar-refractivity contribution in [2.24, 2.45) is 4.99 Å². The fourth-order valence-corrected chi connectivity index (χ4v) is 9.36. The van der Waals surface area contributed by atoms with Crippen LogP contribution in [-0.2, 0) is 42.6 Å². The van der Waals surface area contributed by atoms with Crippen LogP contribution in [0.4, 0.5) is 4.39 Å². The molecule has 0 saturated carbocycles. The first-order valence-corrected chi connectivity index (χ1v) is 25.3. The van der Waals surface area contributed by atoms with Crippen molar-refractivity contribution in [1.29, 1.82) is 0 Å². The number of aromatic nitrogens is 2. The number of hydrogen-bond acceptors (Lipinski definition) is 11. The Balaban J connectivity index is 0.00000183. The molecule has 378 valence electrons. The average Bonchev–Trinajstić information content (AvgIpc) is 4.24. The number of imidazole rings is 1. The van der Waals surface area contributed by atoms with Crippen molar-refractivity contribution in [3.05, 3.63) is 143 Å². The lowest BCUT2D eigenvalue weighted by Crippen LogP contribution is -2.55. The van der Waals surface area contributed by atoms with Gasteiger partial charge in [0.15, 0.2) is 0 Å². The summed E-state index contributed by atoms with van der Waals surface area (Å²) < 4.78 is 39.0. The number of amides is 4. The summed E-state index contributed by atoms with van der Waals surface area (Å²) in [5.74, 6) is -0.452. The van der Waals surface area contributed by atoms with E-state index >= 15 is 0 Å². The van der Waals surface area contributed by atoms with Crippen molar-refractivity contribution < 1.29 is 36.2 Å². The predicted octanol–water partition coefficient (Wildman–Crippen LogP) is 5.70. The molecular weight excluding hydrogens is 938 g/mol. The molecule has 0 spiro atoms. The second-order valence-corrected chi connectivity index (χ2v) is 18.9. The fraction of sp³-hybridized carbons (Fsp3) is 0.370. The Bertz CT molecular complexity index is 2890. The number of nitrogens with zero attached hydrogens (tertiary/aromatic N) is 4. The van der Waals surface area contributed by atoms with Gasteiger partial charge in [-0.15, -0.1) is 12.6 Å². The number of carbonyl (C=O) groups excluding carboxylic acids is 4. The Morgan fingerprint density at radius 1 is 0.681 bits per heavy atom. The number of benzene rings is 4. The van der Waals surface area contributed by atoms with E-state index in [-0.39, 0.29) is 48.0 Å². The maximum Gasteiger partial charge on any atom is 0.425 e. The molecule has 6 atom stereocenters. The Hall–Kier alpha value is -7.15. The first-order chi connectivity index (χ1) is 34.6. The molecule has 3 aliphatic rings. The quantitative estimate of drug-likeness (QED) is 0.0767. The Morgan fingerprint density at radius 2 is 1.14 bits per heavy atom. The molecule has 5 N–H and O–H groups in total. The highest BCUT2D eigenvalue weighted by Crippen LogP contribution is 2.35. The molecule has 2 saturated heterocycles. The largest absolute Gasteiger partial charge is 0.425 e. The lowest BCUT2D eigenvalue weighted by atomic mass is 9.96. The molecule has 4 aromatic carbocycles. The first-order valence-electron chi connectivity index (χ1n) is 24.3. The van der Waals surface area contributed by atoms with Crippen LogP contribution in [0.2, 0.25) is 0 Å². The third-order valence-corrected chi connectivity index (χ3v) is 13.7. The minimum atomic E-state index is -3.11. The van der Waals surface area contributed by atoms with Gasteiger partial charge in [0.05, 0.1) is 36.1 Å². The zero-order chi connectivity index (χ0) is 51.5. The second kappa shape index (κ2) is 24.3. The van der Waals surface area contributed by atoms with E-state index in [0.29, 0.717) is 31.8 Å². The number of hydrogen-bond donors (Lipinski definition) is 5. The van der Waals surface area contributed by atoms with Crippen LogP contribution in [0.25, 0.3) is 28.0 Å². The fourth-order valence-electron chi connectivity index (χ4n) is 9.36. The molecule has 3 aliphatic heterocycles. The predicted molar refractivity (Wildman–Crippen MR) is 274 cm³/mol. The minimum Gasteiger partial charge on any atom is -0.343 e. The Labute approximate surface area is 421 Å². The minimum absolute atomic E-state index is 0.0795. The van der Waals surface area contributed by atoms with Gasteiger partial charge in [-0.05, 0) is 112 Å². The van der Waals surface area contributed by atoms with Crippen LogP contribution < -0.4 is 21.3 Å². The molecule has 72 heavy (non-hydrogen) atoms. The van der Waals surface area contributed by atoms with Crippen molar-refractivity contribution in [3.8, 4) is 22.4 Å². The molecule has 0 aliphatic carbocycles. The van der Waals surface area contributed by atoms with Gasteiger partial charge in [0, 0.05) is 44.3 Å². The summed E-state index contributed by atoms with van der Waals surface area (Å²) in [5, 5.41) is 11.9. The zero-order valence-electron chi connectivity index (χ0n) is 41.2. The van der Waals surface area contributed by atoms with E-state index in [4.69, 9.17) is 22.6 Å². The number of allylic oxidation sites excluding steroid dienone is 1. The molecule has 4 amide bonds. The molecule has 0 bridgehead atoms. The van der Waals surface area contributed by atoms with E-state index in [1.807, 2.05) is 42.3 Å². The summed E-state index contributed by atoms with van der Waals surface area (Å²) in [4.78, 5) is 71.2. The van der Waals surface area contributed by atoms with Crippen LogP contribution in [0.1, 0.15) is 80.1 Å². The van der Waals surface area contributed by atoms with Crippen LogP contribution in [0, 0.1) is 12.7 Å². The number of aryl methyl sites for hydroxylation is 1. The van der Waals surface area contributed by atoms with Crippen molar-refractivity contribution in [2.75, 3.05) is 27.2 Å². The number of carbonyl (C=O) groups is 4. The number of aliphatic imine (C=N–C) groups is 1. The van der Waals surface area contributed by atoms with E-state index in [9.17, 15) is 23.6 Å². The van der Waals surface area contributed by atoms with Gasteiger partial charge >= 0.3 is 10.6 Å². The number of H-pyrrole nitrogens is 1. The highest BCUT2D eigenvalue weighted by atomic mass is 32.2. The van der Waals surface area contributed by atoms with Gasteiger partial charge in [0.1, 0.15) is 23.7 Å². The van der Waals surface area contributed by atoms with E-state index in [1.165, 1.54) is 12.1 Å². The van der Waals surface area contributed by atoms with E-state index in [1.54, 1.807) is 51.2 Å². The molecule has 0 unspecified atom stereocenters. The zero-order valence-corrected chi connectivity index (χ0v) is 42.0. The lowest BCUT2D eigenvalue weighted by molar-refractivity contribution is -0.137. The van der Waals surface area contributed by atoms with Crippen molar-refractivity contribution in [3.63, 3.8) is 0 Å². The average molecular weight is 1000 g/mol. The molecular formula is C54H62FN9O7S. The number of rotatable bonds is 17. The smallest absolute Gasteiger partial charge is 0.343 e. The summed E-state index contributed by atoms with van der Waals surface area (Å²) >= 11 is 0. The standard InChI is InChI=1S/C54H62FN9O4.O3S/c1-33-10-12-36(13-11-33)28-45(61-51(65)34(2)56-4)53(67)63-26-6-8-48(63)44-30-42(31-58-44)40-18-16-38(17-19-40)39-20-22-41(23-21-39)47-32-59-50(60-47)49-9-7-27-64(49)54(68)46(62-52(66)35(3)57-5)29-37-14-24-43(55)25-15-37;1-4(2)3/h10-25,31-32,34-35,45-46,48-49,56-57H,6-9,26-30H2,1-5H3,(H,59,60)(H,61,65)(H,62,66);/t34-,35-,45-,46-,48-,49-;/m0./s1. The van der Waals surface area contributed by atoms with E-state index in [2.05, 4.69) is 74.8 Å². The van der Waals surface area contributed by atoms with E-state index < -0.39 is 34.8 Å². The number of nitrogens with one attached hydrogen (secondary N) is 5. The van der Waals surface area contributed by atoms with Gasteiger partial charge < -0.3 is 36.1 Å². The van der Waals surface area contributed by atoms with Crippen LogP contribution in [-0.4, -0.2) is 119 Å². The van der Waals surface area contributed by atoms with Gasteiger partial charge in [-0.3, -0.25) is 24.2 Å². The lowest BCUT2D eigenvalue weighted by Gasteiger charge is -2.30. The van der Waals surface area contributed by atoms with Gasteiger partial charge in [-0.1, -0.05) is 90.5 Å². The first kappa shape index (κ1) is 52.7. The number of halogens is 1. The maximum atomic E-state index is 14.3. The third kappa shape index (κ3) is 13.2. The molecule has 1 aromatic heterocycles. The molecule has 8 rings (SSSR count). The summed E-state index contributed by atoms with van der Waals surface area (Å²) in [6, 6.07) is 28.0. The van der Waals surface area contributed by atoms with Gasteiger partial charge in [0.25, 0.3) is 0 Å². The SMILES string of the molecule is CN[C@@H](C)C(=O)N[C@@H](Cc1ccc(C)cc1)C(=O)N1CCC[C@H]1C1=NC=C(c2ccc(-c3ccc(-c4cnc([C@@H]5CCCN5C(=O)[C@H](Cc5ccc(F)cc5)NC(=O)[C@H](C)NC)[nH]4)cc3)cc2)C1.O=S(=O)=O. The number of aromatic amines is 1. The summed E-state index contributed by atoms with van der Waals surface area (Å²) in [6.07, 6.45) is 8.24. The van der Waals surface area contributed by atoms with Crippen molar-refractivity contribution in [1.82, 2.24) is 41.0 Å². The maximum absolute atomic E-state index is 14.3. The summed E-state index contributed by atoms with van der Waals surface area (Å²) in [6.45, 7) is 6.70. The number of likely N-dealkylation sites (tertiary alicyclic amines) is 2. The van der Waals surface area contributed by atoms with Crippen LogP contribution in [0.5, 0.6) is 0 Å². The molecule has 16 nitrogen and oxygen atoms in total. The highest BCUT2D eigenvalue weighted by molar-refractivity contribution is 7.59. The van der Waals surface area contributed by atoms with Crippen molar-refractivity contribution in [2.45, 2.75) is 102 Å². The van der Waals surface area contributed by atoms with E-state index in [0.717, 1.165) is 81.6 Å². The van der Waals surface area contributed by atoms with Gasteiger partial charge in [0.2, 0.25) is 23.6 Å². The molecule has 2 fully saturated rings. The van der Waals surface area contributed by atoms with Gasteiger partial charge in [-0.25, -0.2) is 9.37 Å². The Kier molecular flexibility index (Phi) is 17.8. The molecule has 18 heteroatoms. The molecule has 4 heterocycles. The second-order valence-electron chi connectivity index (χ2n) is 18.5. The normalized spacial score (nSPS) is 18.0. The van der Waals surface area contributed by atoms with Gasteiger partial charge in [-0.2, -0.15) is 0 Å². The van der Waals surface area contributed by atoms with Crippen LogP contribution in [0.15, 0.2) is 114 Å². The third-order valence-electron chi connectivity index (χ3n) is 13.7. The Morgan fingerprint density at radius 3 is 1.65 bits per heavy atom. The monoisotopic (exact) mass is 999 g/mol. The van der Waals surface area contributed by atoms with Crippen LogP contribution in [0.3, 0.4) is 0 Å². The number of likely N-dealkylation sites (N-methyl/N-ethyl adjacent to an activating group) is 2. The van der Waals surface area contributed by atoms with Crippen LogP contribution >= 0.6 is 0 Å². The highest BCUT2D eigenvalue weighted by Gasteiger charge is 2.39. The molecule has 5 aromatic rings. The topological polar surface area (TPSA) is 215 Å². The summed E-state index contributed by atoms with van der Waals surface area (Å²) in [5.41, 5.74) is 9.95. The summed E-state index contributed by atoms with van der Waals surface area (Å²) in [7, 11) is 0.313. The van der Waals surface area contributed by atoms with Crippen molar-refractivity contribution >= 4 is 45.5 Å². The molecule has 0 radical (unpaired) electrons.